The smallest absolute Gasteiger partial charge is 0.216 e. The highest BCUT2D eigenvalue weighted by Gasteiger charge is 2.50. The van der Waals surface area contributed by atoms with Gasteiger partial charge in [0.05, 0.1) is 12.1 Å². The molecule has 5 heteroatoms. The number of carbonyl (C=O) groups is 1. The number of hydrogen-bond donors (Lipinski definition) is 2. The molecule has 5 atom stereocenters. The summed E-state index contributed by atoms with van der Waals surface area (Å²) in [4.78, 5) is 18.5. The average Bonchev–Trinajstić information content (AvgIpc) is 2.71. The van der Waals surface area contributed by atoms with Gasteiger partial charge in [0.15, 0.2) is 0 Å². The summed E-state index contributed by atoms with van der Waals surface area (Å²) >= 11 is 0. The molecule has 5 rings (SSSR count). The van der Waals surface area contributed by atoms with Crippen LogP contribution in [0.25, 0.3) is 10.9 Å². The number of piperidine rings is 3. The third-order valence-electron chi connectivity index (χ3n) is 6.38. The Balaban J connectivity index is 1.78. The normalized spacial score (nSPS) is 29.3. The van der Waals surface area contributed by atoms with Crippen molar-refractivity contribution in [3.63, 3.8) is 0 Å². The van der Waals surface area contributed by atoms with Crippen LogP contribution in [-0.2, 0) is 10.4 Å². The molecule has 0 saturated carbocycles. The zero-order valence-corrected chi connectivity index (χ0v) is 15.8. The molecule has 0 radical (unpaired) electrons. The lowest BCUT2D eigenvalue weighted by Gasteiger charge is -2.54. The van der Waals surface area contributed by atoms with E-state index in [-0.39, 0.29) is 18.5 Å². The number of nitrogens with one attached hydrogen (secondary N) is 1. The van der Waals surface area contributed by atoms with Gasteiger partial charge in [0.25, 0.3) is 0 Å². The third kappa shape index (κ3) is 3.15. The first-order valence-electron chi connectivity index (χ1n) is 9.70. The summed E-state index contributed by atoms with van der Waals surface area (Å²) in [6, 6.07) is 9.74. The van der Waals surface area contributed by atoms with Crippen molar-refractivity contribution in [2.45, 2.75) is 31.4 Å². The van der Waals surface area contributed by atoms with Crippen molar-refractivity contribution in [3.05, 3.63) is 54.7 Å². The monoisotopic (exact) mass is 365 g/mol. The topological polar surface area (TPSA) is 65.5 Å². The molecule has 3 fully saturated rings. The molecule has 1 aromatic heterocycles. The summed E-state index contributed by atoms with van der Waals surface area (Å²) in [6.45, 7) is 7.58. The van der Waals surface area contributed by atoms with Gasteiger partial charge in [-0.1, -0.05) is 24.3 Å². The molecule has 3 aliphatic heterocycles. The molecule has 0 spiro atoms. The highest BCUT2D eigenvalue weighted by molar-refractivity contribution is 5.83. The van der Waals surface area contributed by atoms with E-state index in [1.807, 2.05) is 30.3 Å². The standard InChI is InChI=1S/C22H27N3O2/c1-3-16-13-25-11-9-17(16)12-21(25)22(27,14-24-15(2)26)19-8-10-23-20-7-5-4-6-18(19)20/h3-8,10,16-17,21,27H,1,9,11-14H2,2H3,(H,24,26). The van der Waals surface area contributed by atoms with Crippen molar-refractivity contribution >= 4 is 16.8 Å². The number of hydrogen-bond acceptors (Lipinski definition) is 4. The summed E-state index contributed by atoms with van der Waals surface area (Å²) in [5.74, 6) is 0.885. The fraction of sp³-hybridized carbons (Fsp3) is 0.455. The lowest BCUT2D eigenvalue weighted by atomic mass is 9.69. The predicted octanol–water partition coefficient (Wildman–Crippen LogP) is 2.45. The van der Waals surface area contributed by atoms with Gasteiger partial charge in [0, 0.05) is 31.1 Å². The molecule has 0 aliphatic carbocycles. The zero-order chi connectivity index (χ0) is 19.0. The van der Waals surface area contributed by atoms with Crippen LogP contribution in [0, 0.1) is 11.8 Å². The van der Waals surface area contributed by atoms with Gasteiger partial charge in [-0.05, 0) is 48.9 Å². The number of rotatable bonds is 5. The van der Waals surface area contributed by atoms with Crippen LogP contribution < -0.4 is 5.32 Å². The number of aliphatic hydroxyl groups is 1. The van der Waals surface area contributed by atoms with E-state index < -0.39 is 5.60 Å². The van der Waals surface area contributed by atoms with Crippen LogP contribution in [0.1, 0.15) is 25.3 Å². The van der Waals surface area contributed by atoms with E-state index in [0.29, 0.717) is 11.8 Å². The van der Waals surface area contributed by atoms with E-state index in [2.05, 4.69) is 27.9 Å². The largest absolute Gasteiger partial charge is 0.382 e. The number of aromatic nitrogens is 1. The minimum atomic E-state index is -1.17. The summed E-state index contributed by atoms with van der Waals surface area (Å²) in [7, 11) is 0. The molecule has 3 aliphatic rings. The Kier molecular flexibility index (Phi) is 4.74. The van der Waals surface area contributed by atoms with Gasteiger partial charge in [-0.15, -0.1) is 6.58 Å². The minimum Gasteiger partial charge on any atom is -0.382 e. The van der Waals surface area contributed by atoms with Gasteiger partial charge in [-0.25, -0.2) is 0 Å². The average molecular weight is 365 g/mol. The fourth-order valence-electron chi connectivity index (χ4n) is 4.96. The molecule has 3 saturated heterocycles. The van der Waals surface area contributed by atoms with E-state index in [1.165, 1.54) is 6.92 Å². The molecule has 1 aromatic carbocycles. The predicted molar refractivity (Wildman–Crippen MR) is 106 cm³/mol. The van der Waals surface area contributed by atoms with Crippen LogP contribution in [0.15, 0.2) is 49.2 Å². The molecule has 27 heavy (non-hydrogen) atoms. The molecule has 1 amide bonds. The Bertz CT molecular complexity index is 862. The Hall–Kier alpha value is -2.24. The maximum atomic E-state index is 12.0. The molecule has 5 nitrogen and oxygen atoms in total. The number of benzene rings is 1. The third-order valence-corrected chi connectivity index (χ3v) is 6.38. The van der Waals surface area contributed by atoms with E-state index >= 15 is 0 Å². The quantitative estimate of drug-likeness (QED) is 0.799. The van der Waals surface area contributed by atoms with Gasteiger partial charge in [0.2, 0.25) is 5.91 Å². The maximum absolute atomic E-state index is 12.0. The molecule has 5 unspecified atom stereocenters. The number of nitrogens with zero attached hydrogens (tertiary/aromatic N) is 2. The first kappa shape index (κ1) is 18.1. The molecule has 2 bridgehead atoms. The molecular weight excluding hydrogens is 338 g/mol. The Morgan fingerprint density at radius 3 is 2.96 bits per heavy atom. The van der Waals surface area contributed by atoms with Crippen LogP contribution >= 0.6 is 0 Å². The molecule has 142 valence electrons. The van der Waals surface area contributed by atoms with Crippen molar-refractivity contribution in [2.24, 2.45) is 11.8 Å². The van der Waals surface area contributed by atoms with Crippen LogP contribution in [0.2, 0.25) is 0 Å². The number of amides is 1. The van der Waals surface area contributed by atoms with Crippen LogP contribution in [0.5, 0.6) is 0 Å². The zero-order valence-electron chi connectivity index (χ0n) is 15.8. The summed E-state index contributed by atoms with van der Waals surface area (Å²) < 4.78 is 0. The highest BCUT2D eigenvalue weighted by atomic mass is 16.3. The van der Waals surface area contributed by atoms with Gasteiger partial charge in [-0.2, -0.15) is 0 Å². The number of fused-ring (bicyclic) bond motifs is 4. The van der Waals surface area contributed by atoms with E-state index in [4.69, 9.17) is 0 Å². The first-order chi connectivity index (χ1) is 13.0. The SMILES string of the molecule is C=CC1CN2CCC1CC2C(O)(CNC(C)=O)c1ccnc2ccccc12. The minimum absolute atomic E-state index is 0.0369. The number of carbonyl (C=O) groups excluding carboxylic acids is 1. The molecule has 4 heterocycles. The first-order valence-corrected chi connectivity index (χ1v) is 9.70. The van der Waals surface area contributed by atoms with Gasteiger partial charge in [0.1, 0.15) is 5.60 Å². The van der Waals surface area contributed by atoms with Crippen molar-refractivity contribution in [2.75, 3.05) is 19.6 Å². The summed E-state index contributed by atoms with van der Waals surface area (Å²) in [6.07, 6.45) is 5.85. The fourth-order valence-corrected chi connectivity index (χ4v) is 4.96. The van der Waals surface area contributed by atoms with E-state index in [9.17, 15) is 9.90 Å². The Labute approximate surface area is 160 Å². The van der Waals surface area contributed by atoms with Crippen molar-refractivity contribution < 1.29 is 9.90 Å². The second-order valence-electron chi connectivity index (χ2n) is 7.90. The number of para-hydroxylation sites is 1. The maximum Gasteiger partial charge on any atom is 0.216 e. The van der Waals surface area contributed by atoms with Crippen molar-refractivity contribution in [1.29, 1.82) is 0 Å². The summed E-state index contributed by atoms with van der Waals surface area (Å²) in [5, 5.41) is 15.8. The lowest BCUT2D eigenvalue weighted by Crippen LogP contribution is -2.63. The second-order valence-corrected chi connectivity index (χ2v) is 7.90. The highest BCUT2D eigenvalue weighted by Crippen LogP contribution is 2.44. The van der Waals surface area contributed by atoms with Crippen LogP contribution in [-0.4, -0.2) is 46.6 Å². The Morgan fingerprint density at radius 2 is 2.26 bits per heavy atom. The molecule has 2 aromatic rings. The van der Waals surface area contributed by atoms with Gasteiger partial charge >= 0.3 is 0 Å². The van der Waals surface area contributed by atoms with E-state index in [1.54, 1.807) is 6.20 Å². The Morgan fingerprint density at radius 1 is 1.44 bits per heavy atom. The lowest BCUT2D eigenvalue weighted by molar-refractivity contribution is -0.126. The van der Waals surface area contributed by atoms with Gasteiger partial charge in [-0.3, -0.25) is 14.7 Å². The van der Waals surface area contributed by atoms with Crippen molar-refractivity contribution in [3.8, 4) is 0 Å². The molecule has 2 N–H and O–H groups in total. The molecular formula is C22H27N3O2. The van der Waals surface area contributed by atoms with Crippen LogP contribution in [0.3, 0.4) is 0 Å². The van der Waals surface area contributed by atoms with Gasteiger partial charge < -0.3 is 10.4 Å². The van der Waals surface area contributed by atoms with Crippen molar-refractivity contribution in [1.82, 2.24) is 15.2 Å². The van der Waals surface area contributed by atoms with Crippen LogP contribution in [0.4, 0.5) is 0 Å². The van der Waals surface area contributed by atoms with E-state index in [0.717, 1.165) is 42.4 Å². The summed E-state index contributed by atoms with van der Waals surface area (Å²) in [5.41, 5.74) is 0.532. The second kappa shape index (κ2) is 7.06. The number of pyridine rings is 1.